The fourth-order valence-corrected chi connectivity index (χ4v) is 6.22. The van der Waals surface area contributed by atoms with Crippen LogP contribution in [0.4, 0.5) is 0 Å². The molecule has 0 saturated carbocycles. The highest BCUT2D eigenvalue weighted by molar-refractivity contribution is 5.75. The molecule has 35 heavy (non-hydrogen) atoms. The van der Waals surface area contributed by atoms with E-state index in [0.29, 0.717) is 0 Å². The van der Waals surface area contributed by atoms with Crippen LogP contribution in [0.1, 0.15) is 79.1 Å². The number of benzene rings is 3. The van der Waals surface area contributed by atoms with E-state index in [1.54, 1.807) is 0 Å². The van der Waals surface area contributed by atoms with Gasteiger partial charge < -0.3 is 0 Å². The van der Waals surface area contributed by atoms with Crippen molar-refractivity contribution in [3.05, 3.63) is 122 Å². The van der Waals surface area contributed by atoms with Gasteiger partial charge in [0.15, 0.2) is 6.20 Å². The van der Waals surface area contributed by atoms with E-state index < -0.39 is 11.8 Å². The van der Waals surface area contributed by atoms with Gasteiger partial charge in [-0.3, -0.25) is 0 Å². The van der Waals surface area contributed by atoms with Gasteiger partial charge in [0.1, 0.15) is 7.05 Å². The Kier molecular flexibility index (Phi) is 4.69. The molecule has 0 spiro atoms. The zero-order valence-corrected chi connectivity index (χ0v) is 21.6. The Bertz CT molecular complexity index is 1560. The maximum Gasteiger partial charge on any atom is 0.213 e. The highest BCUT2D eigenvalue weighted by atomic mass is 14.9. The Morgan fingerprint density at radius 2 is 1.23 bits per heavy atom. The number of aromatic nitrogens is 1. The number of pyridine rings is 1. The highest BCUT2D eigenvalue weighted by Crippen LogP contribution is 2.43. The molecule has 176 valence electrons. The van der Waals surface area contributed by atoms with Crippen molar-refractivity contribution in [2.75, 3.05) is 0 Å². The fraction of sp³-hybridized carbons (Fsp3) is 0.324. The minimum atomic E-state index is -1.44. The average molecular weight is 461 g/mol. The van der Waals surface area contributed by atoms with E-state index in [-0.39, 0.29) is 0 Å². The van der Waals surface area contributed by atoms with Crippen molar-refractivity contribution in [2.45, 2.75) is 59.8 Å². The van der Waals surface area contributed by atoms with Gasteiger partial charge in [-0.15, -0.1) is 0 Å². The van der Waals surface area contributed by atoms with Gasteiger partial charge >= 0.3 is 0 Å². The zero-order chi connectivity index (χ0) is 26.1. The molecule has 0 bridgehead atoms. The van der Waals surface area contributed by atoms with Crippen LogP contribution in [0.5, 0.6) is 0 Å². The van der Waals surface area contributed by atoms with Gasteiger partial charge in [-0.1, -0.05) is 69.3 Å². The first-order valence-electron chi connectivity index (χ1n) is 13.9. The van der Waals surface area contributed by atoms with Crippen molar-refractivity contribution in [3.63, 3.8) is 0 Å². The average Bonchev–Trinajstić information content (AvgIpc) is 2.87. The lowest BCUT2D eigenvalue weighted by Gasteiger charge is -2.31. The van der Waals surface area contributed by atoms with Crippen LogP contribution in [0, 0.1) is 12.3 Å². The van der Waals surface area contributed by atoms with E-state index in [9.17, 15) is 0 Å². The van der Waals surface area contributed by atoms with Crippen molar-refractivity contribution < 1.29 is 7.31 Å². The topological polar surface area (TPSA) is 3.88 Å². The standard InChI is InChI=1S/C34H36N/c1-22-28-17-24-10-6-7-11-25(24)18-29(28)30-19-26-12-8-9-13-27(26)20-31(30)33(22)32-16-23(14-15-35(32)5)21-34(2,3)4/h6-16H,17-21H2,1-5H3/q+1/i21D2. The number of aryl methyl sites for hydroxylation is 1. The fourth-order valence-electron chi connectivity index (χ4n) is 6.22. The maximum absolute atomic E-state index is 8.98. The Morgan fingerprint density at radius 1 is 0.743 bits per heavy atom. The quantitative estimate of drug-likeness (QED) is 0.243. The van der Waals surface area contributed by atoms with E-state index in [1.807, 2.05) is 33.0 Å². The Hall–Kier alpha value is -3.19. The largest absolute Gasteiger partial charge is 0.213 e. The molecular formula is C34H36N+. The molecule has 0 N–H and O–H groups in total. The summed E-state index contributed by atoms with van der Waals surface area (Å²) in [6.45, 7) is 8.26. The molecule has 2 aliphatic carbocycles. The second-order valence-corrected chi connectivity index (χ2v) is 11.4. The van der Waals surface area contributed by atoms with Crippen LogP contribution in [0.25, 0.3) is 11.3 Å². The van der Waals surface area contributed by atoms with Crippen LogP contribution < -0.4 is 4.57 Å². The van der Waals surface area contributed by atoms with E-state index in [4.69, 9.17) is 2.74 Å². The molecule has 4 aromatic rings. The van der Waals surface area contributed by atoms with Crippen molar-refractivity contribution in [3.8, 4) is 11.3 Å². The van der Waals surface area contributed by atoms with E-state index in [0.717, 1.165) is 36.9 Å². The first-order chi connectivity index (χ1) is 17.6. The summed E-state index contributed by atoms with van der Waals surface area (Å²) < 4.78 is 20.1. The van der Waals surface area contributed by atoms with E-state index in [1.165, 1.54) is 55.6 Å². The number of fused-ring (bicyclic) bond motifs is 5. The summed E-state index contributed by atoms with van der Waals surface area (Å²) in [6, 6.07) is 21.9. The Morgan fingerprint density at radius 3 is 1.77 bits per heavy atom. The molecule has 0 saturated heterocycles. The summed E-state index contributed by atoms with van der Waals surface area (Å²) in [4.78, 5) is 0. The summed E-state index contributed by atoms with van der Waals surface area (Å²) in [5, 5.41) is 0. The minimum absolute atomic E-state index is 0.503. The van der Waals surface area contributed by atoms with Gasteiger partial charge in [0.25, 0.3) is 0 Å². The lowest BCUT2D eigenvalue weighted by atomic mass is 9.72. The van der Waals surface area contributed by atoms with Gasteiger partial charge in [-0.25, -0.2) is 4.57 Å². The predicted octanol–water partition coefficient (Wildman–Crippen LogP) is 7.07. The minimum Gasteiger partial charge on any atom is -0.201 e. The molecule has 1 heteroatoms. The van der Waals surface area contributed by atoms with Gasteiger partial charge in [-0.05, 0) is 100 Å². The molecule has 0 unspecified atom stereocenters. The second-order valence-electron chi connectivity index (χ2n) is 11.4. The summed E-state index contributed by atoms with van der Waals surface area (Å²) in [6.07, 6.45) is 4.46. The summed E-state index contributed by atoms with van der Waals surface area (Å²) in [7, 11) is 2.10. The van der Waals surface area contributed by atoms with Crippen molar-refractivity contribution in [2.24, 2.45) is 12.5 Å². The lowest BCUT2D eigenvalue weighted by Crippen LogP contribution is -2.32. The van der Waals surface area contributed by atoms with Crippen molar-refractivity contribution in [1.29, 1.82) is 0 Å². The zero-order valence-electron chi connectivity index (χ0n) is 23.6. The van der Waals surface area contributed by atoms with Gasteiger partial charge in [0.05, 0.1) is 5.56 Å². The highest BCUT2D eigenvalue weighted by Gasteiger charge is 2.31. The predicted molar refractivity (Wildman–Crippen MR) is 145 cm³/mol. The number of hydrogen-bond donors (Lipinski definition) is 0. The molecule has 0 amide bonds. The normalized spacial score (nSPS) is 15.3. The first kappa shape index (κ1) is 20.0. The third kappa shape index (κ3) is 3.92. The van der Waals surface area contributed by atoms with Gasteiger partial charge in [0, 0.05) is 14.9 Å². The second kappa shape index (κ2) is 8.19. The van der Waals surface area contributed by atoms with Crippen molar-refractivity contribution >= 4 is 0 Å². The van der Waals surface area contributed by atoms with Crippen LogP contribution in [-0.4, -0.2) is 0 Å². The lowest BCUT2D eigenvalue weighted by molar-refractivity contribution is -0.660. The van der Waals surface area contributed by atoms with Crippen LogP contribution in [0.3, 0.4) is 0 Å². The number of rotatable bonds is 2. The monoisotopic (exact) mass is 460 g/mol. The maximum atomic E-state index is 8.98. The molecule has 2 aliphatic rings. The smallest absolute Gasteiger partial charge is 0.201 e. The molecule has 0 atom stereocenters. The van der Waals surface area contributed by atoms with Crippen LogP contribution >= 0.6 is 0 Å². The number of nitrogens with zero attached hydrogens (tertiary/aromatic N) is 1. The Labute approximate surface area is 213 Å². The molecule has 3 aromatic carbocycles. The SMILES string of the molecule is [2H]C([2H])(c1cc[n+](C)c(-c2c(C)c3c(c4c2Cc2ccccc2C4)Cc2ccccc2C3)c1)C(C)(C)C. The van der Waals surface area contributed by atoms with Crippen LogP contribution in [0.15, 0.2) is 66.9 Å². The van der Waals surface area contributed by atoms with Gasteiger partial charge in [-0.2, -0.15) is 0 Å². The van der Waals surface area contributed by atoms with Gasteiger partial charge in [0.2, 0.25) is 5.69 Å². The summed E-state index contributed by atoms with van der Waals surface area (Å²) >= 11 is 0. The molecule has 1 aromatic heterocycles. The summed E-state index contributed by atoms with van der Waals surface area (Å²) in [5.41, 5.74) is 15.7. The molecule has 6 rings (SSSR count). The third-order valence-corrected chi connectivity index (χ3v) is 7.85. The summed E-state index contributed by atoms with van der Waals surface area (Å²) in [5.74, 6) is 0. The van der Waals surface area contributed by atoms with E-state index >= 15 is 0 Å². The molecule has 0 aliphatic heterocycles. The van der Waals surface area contributed by atoms with Crippen LogP contribution in [-0.2, 0) is 39.1 Å². The Balaban J connectivity index is 1.62. The third-order valence-electron chi connectivity index (χ3n) is 7.85. The molecule has 1 heterocycles. The molecule has 0 radical (unpaired) electrons. The molecular weight excluding hydrogens is 422 g/mol. The molecule has 0 fully saturated rings. The molecule has 1 nitrogen and oxygen atoms in total. The number of hydrogen-bond acceptors (Lipinski definition) is 0. The van der Waals surface area contributed by atoms with Crippen LogP contribution in [0.2, 0.25) is 0 Å². The van der Waals surface area contributed by atoms with E-state index in [2.05, 4.69) is 73.1 Å². The van der Waals surface area contributed by atoms with Crippen molar-refractivity contribution in [1.82, 2.24) is 0 Å². The first-order valence-corrected chi connectivity index (χ1v) is 12.9.